The second-order valence-electron chi connectivity index (χ2n) is 5.73. The molecule has 0 radical (unpaired) electrons. The van der Waals surface area contributed by atoms with Crippen LogP contribution in [0.2, 0.25) is 0 Å². The Labute approximate surface area is 175 Å². The van der Waals surface area contributed by atoms with E-state index in [4.69, 9.17) is 9.47 Å². The lowest BCUT2D eigenvalue weighted by atomic mass is 10.1. The number of rotatable bonds is 8. The highest BCUT2D eigenvalue weighted by atomic mass is 79.9. The first-order valence-electron chi connectivity index (χ1n) is 8.72. The van der Waals surface area contributed by atoms with Gasteiger partial charge in [-0.2, -0.15) is 5.10 Å². The third kappa shape index (κ3) is 5.35. The van der Waals surface area contributed by atoms with E-state index < -0.39 is 5.97 Å². The molecule has 0 saturated carbocycles. The molecule has 3 aromatic rings. The summed E-state index contributed by atoms with van der Waals surface area (Å²) in [4.78, 5) is 25.6. The summed E-state index contributed by atoms with van der Waals surface area (Å²) in [5, 5.41) is 11.8. The van der Waals surface area contributed by atoms with Crippen molar-refractivity contribution in [2.45, 2.75) is 6.92 Å². The molecule has 148 valence electrons. The van der Waals surface area contributed by atoms with Crippen molar-refractivity contribution in [2.75, 3.05) is 13.2 Å². The Hall–Kier alpha value is -3.33. The average molecular weight is 457 g/mol. The smallest absolute Gasteiger partial charge is 0.364 e. The number of halogens is 1. The summed E-state index contributed by atoms with van der Waals surface area (Å²) in [6.45, 7) is 1.52. The molecule has 0 unspecified atom stereocenters. The standard InChI is InChI=1S/C20H17BrN4O4/c1-2-28-20(27)18-19(29-13-17(26)15-8-10-16(21)11-9-15)25(24-23-18)22-12-14-6-4-3-5-7-14/h3-12H,2,13H2,1H3/b22-12+. The lowest BCUT2D eigenvalue weighted by molar-refractivity contribution is 0.0512. The summed E-state index contributed by atoms with van der Waals surface area (Å²) in [5.41, 5.74) is 1.14. The van der Waals surface area contributed by atoms with Crippen molar-refractivity contribution < 1.29 is 19.1 Å². The van der Waals surface area contributed by atoms with Crippen molar-refractivity contribution in [3.05, 3.63) is 75.9 Å². The lowest BCUT2D eigenvalue weighted by Gasteiger charge is -2.07. The Balaban J connectivity index is 1.82. The van der Waals surface area contributed by atoms with Gasteiger partial charge in [0.2, 0.25) is 5.69 Å². The van der Waals surface area contributed by atoms with Crippen molar-refractivity contribution in [3.8, 4) is 5.88 Å². The molecule has 0 spiro atoms. The van der Waals surface area contributed by atoms with Gasteiger partial charge in [0, 0.05) is 10.0 Å². The van der Waals surface area contributed by atoms with E-state index in [1.807, 2.05) is 30.3 Å². The van der Waals surface area contributed by atoms with Gasteiger partial charge >= 0.3 is 5.97 Å². The van der Waals surface area contributed by atoms with Crippen molar-refractivity contribution in [2.24, 2.45) is 5.10 Å². The summed E-state index contributed by atoms with van der Waals surface area (Å²) in [5.74, 6) is -1.05. The van der Waals surface area contributed by atoms with Crippen molar-refractivity contribution in [1.29, 1.82) is 0 Å². The van der Waals surface area contributed by atoms with Gasteiger partial charge in [-0.25, -0.2) is 4.79 Å². The summed E-state index contributed by atoms with van der Waals surface area (Å²) in [6, 6.07) is 16.2. The third-order valence-corrected chi connectivity index (χ3v) is 4.23. The second-order valence-corrected chi connectivity index (χ2v) is 6.64. The molecule has 0 amide bonds. The van der Waals surface area contributed by atoms with E-state index in [2.05, 4.69) is 31.3 Å². The predicted octanol–water partition coefficient (Wildman–Crippen LogP) is 3.36. The van der Waals surface area contributed by atoms with Gasteiger partial charge in [0.25, 0.3) is 5.88 Å². The third-order valence-electron chi connectivity index (χ3n) is 3.70. The van der Waals surface area contributed by atoms with Crippen LogP contribution >= 0.6 is 15.9 Å². The van der Waals surface area contributed by atoms with E-state index in [1.54, 1.807) is 31.2 Å². The van der Waals surface area contributed by atoms with Crippen LogP contribution in [0.1, 0.15) is 33.3 Å². The van der Waals surface area contributed by atoms with Gasteiger partial charge in [-0.3, -0.25) is 4.79 Å². The SMILES string of the molecule is CCOC(=O)c1nnn(/N=C/c2ccccc2)c1OCC(=O)c1ccc(Br)cc1. The molecule has 0 saturated heterocycles. The van der Waals surface area contributed by atoms with Crippen LogP contribution in [0, 0.1) is 0 Å². The number of benzene rings is 2. The number of carbonyl (C=O) groups excluding carboxylic acids is 2. The van der Waals surface area contributed by atoms with Gasteiger partial charge in [0.05, 0.1) is 12.8 Å². The molecule has 9 heteroatoms. The maximum Gasteiger partial charge on any atom is 0.364 e. The highest BCUT2D eigenvalue weighted by Gasteiger charge is 2.23. The minimum atomic E-state index is -0.709. The summed E-state index contributed by atoms with van der Waals surface area (Å²) >= 11 is 3.32. The minimum absolute atomic E-state index is 0.0684. The van der Waals surface area contributed by atoms with Gasteiger partial charge in [0.1, 0.15) is 0 Å². The Kier molecular flexibility index (Phi) is 6.85. The van der Waals surface area contributed by atoms with Crippen LogP contribution in [0.3, 0.4) is 0 Å². The molecule has 0 fully saturated rings. The van der Waals surface area contributed by atoms with E-state index in [9.17, 15) is 9.59 Å². The van der Waals surface area contributed by atoms with E-state index in [0.717, 1.165) is 14.8 Å². The van der Waals surface area contributed by atoms with Crippen molar-refractivity contribution in [3.63, 3.8) is 0 Å². The lowest BCUT2D eigenvalue weighted by Crippen LogP contribution is -2.15. The van der Waals surface area contributed by atoms with Crippen LogP contribution in [-0.4, -0.2) is 46.3 Å². The zero-order chi connectivity index (χ0) is 20.6. The number of hydrogen-bond donors (Lipinski definition) is 0. The quantitative estimate of drug-likeness (QED) is 0.293. The predicted molar refractivity (Wildman–Crippen MR) is 109 cm³/mol. The fourth-order valence-electron chi connectivity index (χ4n) is 2.31. The summed E-state index contributed by atoms with van der Waals surface area (Å²) in [7, 11) is 0. The fourth-order valence-corrected chi connectivity index (χ4v) is 2.57. The zero-order valence-electron chi connectivity index (χ0n) is 15.5. The van der Waals surface area contributed by atoms with Crippen LogP contribution in [0.4, 0.5) is 0 Å². The Morgan fingerprint density at radius 2 is 1.86 bits per heavy atom. The van der Waals surface area contributed by atoms with Crippen LogP contribution in [-0.2, 0) is 4.74 Å². The number of Topliss-reactive ketones (excluding diaryl/α,β-unsaturated/α-hetero) is 1. The van der Waals surface area contributed by atoms with Gasteiger partial charge in [0.15, 0.2) is 12.4 Å². The number of hydrogen-bond acceptors (Lipinski definition) is 7. The molecule has 1 aromatic heterocycles. The molecule has 1 heterocycles. The minimum Gasteiger partial charge on any atom is -0.466 e. The largest absolute Gasteiger partial charge is 0.466 e. The van der Waals surface area contributed by atoms with Gasteiger partial charge < -0.3 is 9.47 Å². The first-order chi connectivity index (χ1) is 14.1. The molecule has 0 bridgehead atoms. The van der Waals surface area contributed by atoms with Crippen LogP contribution in [0.25, 0.3) is 0 Å². The van der Waals surface area contributed by atoms with Gasteiger partial charge in [-0.05, 0) is 29.8 Å². The Bertz CT molecular complexity index is 1020. The number of ether oxygens (including phenoxy) is 2. The van der Waals surface area contributed by atoms with E-state index in [-0.39, 0.29) is 30.6 Å². The van der Waals surface area contributed by atoms with Crippen molar-refractivity contribution >= 4 is 33.9 Å². The maximum absolute atomic E-state index is 12.4. The molecule has 0 atom stereocenters. The molecule has 0 aliphatic rings. The first kappa shape index (κ1) is 20.4. The normalized spacial score (nSPS) is 10.8. The molecule has 0 aliphatic carbocycles. The number of ketones is 1. The Morgan fingerprint density at radius 3 is 2.55 bits per heavy atom. The van der Waals surface area contributed by atoms with E-state index in [0.29, 0.717) is 5.56 Å². The zero-order valence-corrected chi connectivity index (χ0v) is 17.1. The maximum atomic E-state index is 12.4. The van der Waals surface area contributed by atoms with Crippen LogP contribution < -0.4 is 4.74 Å². The Morgan fingerprint density at radius 1 is 1.14 bits per heavy atom. The number of nitrogens with zero attached hydrogens (tertiary/aromatic N) is 4. The number of carbonyl (C=O) groups is 2. The van der Waals surface area contributed by atoms with Gasteiger partial charge in [-0.1, -0.05) is 63.2 Å². The highest BCUT2D eigenvalue weighted by molar-refractivity contribution is 9.10. The molecule has 29 heavy (non-hydrogen) atoms. The summed E-state index contributed by atoms with van der Waals surface area (Å²) < 4.78 is 11.4. The molecular formula is C20H17BrN4O4. The summed E-state index contributed by atoms with van der Waals surface area (Å²) in [6.07, 6.45) is 1.53. The topological polar surface area (TPSA) is 95.7 Å². The number of esters is 1. The van der Waals surface area contributed by atoms with Gasteiger partial charge in [-0.15, -0.1) is 5.10 Å². The van der Waals surface area contributed by atoms with Crippen LogP contribution in [0.5, 0.6) is 5.88 Å². The molecule has 0 N–H and O–H groups in total. The molecule has 3 rings (SSSR count). The van der Waals surface area contributed by atoms with E-state index in [1.165, 1.54) is 6.21 Å². The second kappa shape index (κ2) is 9.74. The first-order valence-corrected chi connectivity index (χ1v) is 9.51. The van der Waals surface area contributed by atoms with E-state index >= 15 is 0 Å². The highest BCUT2D eigenvalue weighted by Crippen LogP contribution is 2.18. The average Bonchev–Trinajstić information content (AvgIpc) is 3.15. The van der Waals surface area contributed by atoms with Crippen molar-refractivity contribution in [1.82, 2.24) is 15.1 Å². The number of aromatic nitrogens is 3. The molecule has 0 aliphatic heterocycles. The molecule has 8 nitrogen and oxygen atoms in total. The van der Waals surface area contributed by atoms with Crippen LogP contribution in [0.15, 0.2) is 64.2 Å². The molecule has 2 aromatic carbocycles. The fraction of sp³-hybridized carbons (Fsp3) is 0.150. The molecular weight excluding hydrogens is 440 g/mol. The monoisotopic (exact) mass is 456 g/mol.